The molecule has 2 rings (SSSR count). The Bertz CT molecular complexity index is 651. The number of ether oxygens (including phenoxy) is 3. The van der Waals surface area contributed by atoms with E-state index < -0.39 is 8.32 Å². The minimum Gasteiger partial charge on any atom is -0.497 e. The van der Waals surface area contributed by atoms with Crippen molar-refractivity contribution in [1.29, 1.82) is 0 Å². The third-order valence-electron chi connectivity index (χ3n) is 7.40. The quantitative estimate of drug-likeness (QED) is 0.316. The van der Waals surface area contributed by atoms with Gasteiger partial charge in [-0.3, -0.25) is 0 Å². The maximum Gasteiger partial charge on any atom is 0.200 e. The average Bonchev–Trinajstić information content (AvgIpc) is 2.73. The minimum atomic E-state index is -1.82. The van der Waals surface area contributed by atoms with Crippen molar-refractivity contribution in [2.45, 2.75) is 97.8 Å². The molecule has 1 fully saturated rings. The van der Waals surface area contributed by atoms with Gasteiger partial charge in [0.2, 0.25) is 0 Å². The zero-order valence-electron chi connectivity index (χ0n) is 22.2. The third-order valence-corrected chi connectivity index (χ3v) is 13.5. The van der Waals surface area contributed by atoms with E-state index in [0.717, 1.165) is 30.9 Å². The van der Waals surface area contributed by atoms with Crippen LogP contribution in [0.1, 0.15) is 80.6 Å². The summed E-state index contributed by atoms with van der Waals surface area (Å²) in [5.41, 5.74) is 2.91. The van der Waals surface area contributed by atoms with Gasteiger partial charge in [-0.1, -0.05) is 74.4 Å². The SMILES string of the molecule is COc1ccc(C2OC[C@H](C)[C@H]([C@@H](C)C[C@@H](C)CO[Si](C(C)C)(C(C)C)C(C)C)O2)cc1. The maximum absolute atomic E-state index is 6.86. The van der Waals surface area contributed by atoms with Gasteiger partial charge in [0.1, 0.15) is 5.75 Å². The van der Waals surface area contributed by atoms with Crippen molar-refractivity contribution < 1.29 is 18.6 Å². The Labute approximate surface area is 198 Å². The summed E-state index contributed by atoms with van der Waals surface area (Å²) in [7, 11) is -0.135. The molecule has 0 radical (unpaired) electrons. The van der Waals surface area contributed by atoms with Crippen LogP contribution in [-0.4, -0.2) is 34.7 Å². The first-order valence-electron chi connectivity index (χ1n) is 12.6. The van der Waals surface area contributed by atoms with Gasteiger partial charge in [-0.05, 0) is 47.0 Å². The summed E-state index contributed by atoms with van der Waals surface area (Å²) in [5, 5.41) is 0. The van der Waals surface area contributed by atoms with Crippen LogP contribution in [0, 0.1) is 17.8 Å². The van der Waals surface area contributed by atoms with Crippen molar-refractivity contribution in [1.82, 2.24) is 0 Å². The Kier molecular flexibility index (Phi) is 10.3. The Morgan fingerprint density at radius 2 is 1.50 bits per heavy atom. The lowest BCUT2D eigenvalue weighted by Crippen LogP contribution is -2.48. The lowest BCUT2D eigenvalue weighted by Gasteiger charge is -2.43. The summed E-state index contributed by atoms with van der Waals surface area (Å²) >= 11 is 0. The molecule has 0 aromatic heterocycles. The molecule has 1 aromatic carbocycles. The van der Waals surface area contributed by atoms with E-state index >= 15 is 0 Å². The molecule has 0 N–H and O–H groups in total. The van der Waals surface area contributed by atoms with Gasteiger partial charge >= 0.3 is 0 Å². The molecule has 1 saturated heterocycles. The number of benzene rings is 1. The van der Waals surface area contributed by atoms with Crippen LogP contribution in [-0.2, 0) is 13.9 Å². The van der Waals surface area contributed by atoms with Gasteiger partial charge < -0.3 is 18.6 Å². The van der Waals surface area contributed by atoms with Crippen molar-refractivity contribution in [2.24, 2.45) is 17.8 Å². The lowest BCUT2D eigenvalue weighted by atomic mass is 9.86. The number of hydrogen-bond acceptors (Lipinski definition) is 4. The van der Waals surface area contributed by atoms with Crippen LogP contribution in [0.4, 0.5) is 0 Å². The number of rotatable bonds is 11. The average molecular weight is 465 g/mol. The second-order valence-electron chi connectivity index (χ2n) is 11.0. The molecular weight excluding hydrogens is 416 g/mol. The molecule has 1 aliphatic heterocycles. The van der Waals surface area contributed by atoms with Gasteiger partial charge in [0.05, 0.1) is 19.8 Å². The zero-order valence-corrected chi connectivity index (χ0v) is 23.2. The molecule has 0 bridgehead atoms. The highest BCUT2D eigenvalue weighted by atomic mass is 28.4. The molecule has 1 unspecified atom stereocenters. The highest BCUT2D eigenvalue weighted by Gasteiger charge is 2.45. The first-order valence-corrected chi connectivity index (χ1v) is 14.7. The molecule has 1 aliphatic rings. The summed E-state index contributed by atoms with van der Waals surface area (Å²) in [5.74, 6) is 2.18. The summed E-state index contributed by atoms with van der Waals surface area (Å²) in [6.45, 7) is 22.6. The molecule has 0 spiro atoms. The zero-order chi connectivity index (χ0) is 24.1. The molecule has 0 aliphatic carbocycles. The van der Waals surface area contributed by atoms with E-state index in [2.05, 4.69) is 62.3 Å². The Balaban J connectivity index is 1.99. The fourth-order valence-electron chi connectivity index (χ4n) is 5.90. The second kappa shape index (κ2) is 12.0. The minimum absolute atomic E-state index is 0.181. The summed E-state index contributed by atoms with van der Waals surface area (Å²) < 4.78 is 24.7. The molecule has 0 saturated carbocycles. The fraction of sp³-hybridized carbons (Fsp3) is 0.778. The maximum atomic E-state index is 6.86. The van der Waals surface area contributed by atoms with Crippen LogP contribution in [0.2, 0.25) is 16.6 Å². The predicted molar refractivity (Wildman–Crippen MR) is 136 cm³/mol. The van der Waals surface area contributed by atoms with Crippen LogP contribution in [0.25, 0.3) is 0 Å². The van der Waals surface area contributed by atoms with Crippen molar-refractivity contribution >= 4 is 8.32 Å². The van der Waals surface area contributed by atoms with E-state index in [0.29, 0.717) is 34.4 Å². The molecule has 1 heterocycles. The number of methoxy groups -OCH3 is 1. The Morgan fingerprint density at radius 3 is 2.00 bits per heavy atom. The van der Waals surface area contributed by atoms with Crippen LogP contribution in [0.5, 0.6) is 5.75 Å². The largest absolute Gasteiger partial charge is 0.497 e. The molecule has 0 amide bonds. The van der Waals surface area contributed by atoms with Gasteiger partial charge in [0, 0.05) is 18.1 Å². The van der Waals surface area contributed by atoms with E-state index in [4.69, 9.17) is 18.6 Å². The lowest BCUT2D eigenvalue weighted by molar-refractivity contribution is -0.250. The molecule has 1 aromatic rings. The predicted octanol–water partition coefficient (Wildman–Crippen LogP) is 7.60. The highest BCUT2D eigenvalue weighted by molar-refractivity contribution is 6.77. The second-order valence-corrected chi connectivity index (χ2v) is 16.4. The Hall–Kier alpha value is -0.883. The van der Waals surface area contributed by atoms with E-state index in [9.17, 15) is 0 Å². The van der Waals surface area contributed by atoms with Crippen LogP contribution in [0.15, 0.2) is 24.3 Å². The van der Waals surface area contributed by atoms with E-state index in [1.807, 2.05) is 24.3 Å². The van der Waals surface area contributed by atoms with E-state index in [1.54, 1.807) is 7.11 Å². The molecule has 5 heteroatoms. The first-order chi connectivity index (χ1) is 15.0. The van der Waals surface area contributed by atoms with Crippen molar-refractivity contribution in [3.05, 3.63) is 29.8 Å². The molecule has 5 atom stereocenters. The van der Waals surface area contributed by atoms with Gasteiger partial charge in [-0.25, -0.2) is 0 Å². The van der Waals surface area contributed by atoms with E-state index in [-0.39, 0.29) is 12.4 Å². The highest BCUT2D eigenvalue weighted by Crippen LogP contribution is 2.43. The van der Waals surface area contributed by atoms with Gasteiger partial charge in [0.15, 0.2) is 14.6 Å². The summed E-state index contributed by atoms with van der Waals surface area (Å²) in [6, 6.07) is 8.00. The molecular formula is C27H48O4Si. The third kappa shape index (κ3) is 6.37. The molecule has 4 nitrogen and oxygen atoms in total. The van der Waals surface area contributed by atoms with Crippen LogP contribution in [0.3, 0.4) is 0 Å². The van der Waals surface area contributed by atoms with Crippen LogP contribution < -0.4 is 4.74 Å². The Morgan fingerprint density at radius 1 is 0.938 bits per heavy atom. The van der Waals surface area contributed by atoms with Crippen LogP contribution >= 0.6 is 0 Å². The standard InChI is InChI=1S/C27H48O4Si/c1-18(2)32(19(3)4,20(5)6)30-16-21(7)15-22(8)26-23(9)17-29-27(31-26)24-11-13-25(28-10)14-12-24/h11-14,18-23,26-27H,15-17H2,1-10H3/t21-,22+,23+,26+,27?/m1/s1. The van der Waals surface area contributed by atoms with Crippen molar-refractivity contribution in [2.75, 3.05) is 20.3 Å². The fourth-order valence-corrected chi connectivity index (χ4v) is 11.5. The normalized spacial score (nSPS) is 24.2. The topological polar surface area (TPSA) is 36.9 Å². The first kappa shape index (κ1) is 27.4. The van der Waals surface area contributed by atoms with Gasteiger partial charge in [0.25, 0.3) is 0 Å². The molecule has 184 valence electrons. The summed E-state index contributed by atoms with van der Waals surface area (Å²) in [4.78, 5) is 0. The van der Waals surface area contributed by atoms with E-state index in [1.165, 1.54) is 0 Å². The van der Waals surface area contributed by atoms with Crippen molar-refractivity contribution in [3.63, 3.8) is 0 Å². The monoisotopic (exact) mass is 464 g/mol. The van der Waals surface area contributed by atoms with Crippen molar-refractivity contribution in [3.8, 4) is 5.75 Å². The summed E-state index contributed by atoms with van der Waals surface area (Å²) in [6.07, 6.45) is 0.975. The van der Waals surface area contributed by atoms with Gasteiger partial charge in [-0.15, -0.1) is 0 Å². The van der Waals surface area contributed by atoms with Gasteiger partial charge in [-0.2, -0.15) is 0 Å². The number of hydrogen-bond donors (Lipinski definition) is 0. The molecule has 32 heavy (non-hydrogen) atoms. The smallest absolute Gasteiger partial charge is 0.200 e.